The summed E-state index contributed by atoms with van der Waals surface area (Å²) < 4.78 is 13.5. The minimum Gasteiger partial charge on any atom is -0.351 e. The summed E-state index contributed by atoms with van der Waals surface area (Å²) in [5.41, 5.74) is 2.95. The van der Waals surface area contributed by atoms with E-state index in [1.807, 2.05) is 48.5 Å². The van der Waals surface area contributed by atoms with Gasteiger partial charge in [-0.2, -0.15) is 0 Å². The molecule has 2 heterocycles. The van der Waals surface area contributed by atoms with Crippen molar-refractivity contribution in [2.24, 2.45) is 0 Å². The highest BCUT2D eigenvalue weighted by atomic mass is 32.2. The number of carbonyl (C=O) groups excluding carboxylic acids is 2. The first kappa shape index (κ1) is 26.2. The van der Waals surface area contributed by atoms with Gasteiger partial charge in [0, 0.05) is 29.6 Å². The van der Waals surface area contributed by atoms with Crippen LogP contribution in [-0.4, -0.2) is 42.4 Å². The van der Waals surface area contributed by atoms with Crippen LogP contribution in [-0.2, 0) is 11.3 Å². The number of thioether (sulfide) groups is 1. The largest absolute Gasteiger partial charge is 0.351 e. The molecule has 1 atom stereocenters. The second-order valence-electron chi connectivity index (χ2n) is 9.86. The number of rotatable bonds is 7. The van der Waals surface area contributed by atoms with Gasteiger partial charge in [0.15, 0.2) is 0 Å². The van der Waals surface area contributed by atoms with Crippen LogP contribution in [0.15, 0.2) is 82.6 Å². The maximum Gasteiger partial charge on any atom is 0.265 e. The van der Waals surface area contributed by atoms with Crippen LogP contribution in [0.25, 0.3) is 6.08 Å². The SMILES string of the molecule is CC1CCCCN1CCNC(=O)c1ccc2c(c1)N(Cc1ccc(F)cc1)C(=O)/C(=C/c1ccccc1)S2. The Hall–Kier alpha value is -3.42. The molecule has 38 heavy (non-hydrogen) atoms. The van der Waals surface area contributed by atoms with Crippen LogP contribution in [0.3, 0.4) is 0 Å². The van der Waals surface area contributed by atoms with Gasteiger partial charge in [-0.05, 0) is 73.8 Å². The molecular weight excluding hydrogens is 497 g/mol. The molecule has 0 radical (unpaired) electrons. The van der Waals surface area contributed by atoms with E-state index in [0.29, 0.717) is 28.7 Å². The van der Waals surface area contributed by atoms with Crippen molar-refractivity contribution < 1.29 is 14.0 Å². The van der Waals surface area contributed by atoms with Gasteiger partial charge in [-0.15, -0.1) is 0 Å². The lowest BCUT2D eigenvalue weighted by Crippen LogP contribution is -2.42. The number of anilines is 1. The highest BCUT2D eigenvalue weighted by molar-refractivity contribution is 8.04. The topological polar surface area (TPSA) is 52.7 Å². The van der Waals surface area contributed by atoms with Gasteiger partial charge in [0.1, 0.15) is 5.82 Å². The van der Waals surface area contributed by atoms with Gasteiger partial charge in [-0.25, -0.2) is 4.39 Å². The molecule has 5 rings (SSSR count). The number of benzene rings is 3. The molecule has 1 fully saturated rings. The van der Waals surface area contributed by atoms with Gasteiger partial charge in [-0.1, -0.05) is 60.6 Å². The zero-order valence-corrected chi connectivity index (χ0v) is 22.3. The van der Waals surface area contributed by atoms with Crippen molar-refractivity contribution in [3.05, 3.63) is 100 Å². The van der Waals surface area contributed by atoms with Gasteiger partial charge < -0.3 is 10.2 Å². The quantitative estimate of drug-likeness (QED) is 0.375. The molecule has 3 aromatic carbocycles. The molecule has 5 nitrogen and oxygen atoms in total. The molecule has 2 amide bonds. The zero-order valence-electron chi connectivity index (χ0n) is 21.5. The standard InChI is InChI=1S/C31H32FN3O2S/c1-22-7-5-6-17-34(22)18-16-33-30(36)25-12-15-28-27(20-25)35(21-24-10-13-26(32)14-11-24)31(37)29(38-28)19-23-8-3-2-4-9-23/h2-4,8-15,19-20,22H,5-7,16-18,21H2,1H3,(H,33,36)/b29-19-. The Morgan fingerprint density at radius 1 is 1.08 bits per heavy atom. The van der Waals surface area contributed by atoms with Crippen molar-refractivity contribution in [1.29, 1.82) is 0 Å². The summed E-state index contributed by atoms with van der Waals surface area (Å²) in [4.78, 5) is 32.3. The summed E-state index contributed by atoms with van der Waals surface area (Å²) in [6.45, 7) is 5.01. The number of hydrogen-bond donors (Lipinski definition) is 1. The van der Waals surface area contributed by atoms with E-state index >= 15 is 0 Å². The molecule has 1 saturated heterocycles. The van der Waals surface area contributed by atoms with E-state index in [9.17, 15) is 14.0 Å². The monoisotopic (exact) mass is 529 g/mol. The summed E-state index contributed by atoms with van der Waals surface area (Å²) >= 11 is 1.41. The average Bonchev–Trinajstić information content (AvgIpc) is 2.93. The Bertz CT molecular complexity index is 1330. The van der Waals surface area contributed by atoms with Gasteiger partial charge in [0.2, 0.25) is 0 Å². The van der Waals surface area contributed by atoms with Crippen LogP contribution in [0.5, 0.6) is 0 Å². The first-order valence-corrected chi connectivity index (χ1v) is 14.0. The highest BCUT2D eigenvalue weighted by Gasteiger charge is 2.30. The smallest absolute Gasteiger partial charge is 0.265 e. The summed E-state index contributed by atoms with van der Waals surface area (Å²) in [6, 6.07) is 21.9. The van der Waals surface area contributed by atoms with Gasteiger partial charge in [0.25, 0.3) is 11.8 Å². The number of nitrogens with zero attached hydrogens (tertiary/aromatic N) is 2. The molecule has 3 aromatic rings. The van der Waals surface area contributed by atoms with Gasteiger partial charge in [0.05, 0.1) is 17.1 Å². The summed E-state index contributed by atoms with van der Waals surface area (Å²) in [5.74, 6) is -0.619. The third-order valence-electron chi connectivity index (χ3n) is 7.16. The van der Waals surface area contributed by atoms with Gasteiger partial charge in [-0.3, -0.25) is 14.5 Å². The van der Waals surface area contributed by atoms with Crippen molar-refractivity contribution in [2.75, 3.05) is 24.5 Å². The molecule has 2 aliphatic rings. The van der Waals surface area contributed by atoms with Crippen LogP contribution in [0.4, 0.5) is 10.1 Å². The fourth-order valence-electron chi connectivity index (χ4n) is 4.99. The van der Waals surface area contributed by atoms with Crippen molar-refractivity contribution >= 4 is 35.3 Å². The summed E-state index contributed by atoms with van der Waals surface area (Å²) in [7, 11) is 0. The lowest BCUT2D eigenvalue weighted by molar-refractivity contribution is -0.114. The Labute approximate surface area is 227 Å². The maximum atomic E-state index is 13.7. The van der Waals surface area contributed by atoms with Crippen molar-refractivity contribution in [3.63, 3.8) is 0 Å². The molecule has 0 bridgehead atoms. The number of amides is 2. The molecule has 0 aliphatic carbocycles. The minimum absolute atomic E-state index is 0.146. The molecular formula is C31H32FN3O2S. The number of carbonyl (C=O) groups is 2. The van der Waals surface area contributed by atoms with E-state index in [-0.39, 0.29) is 24.2 Å². The Kier molecular flexibility index (Phi) is 8.25. The molecule has 7 heteroatoms. The van der Waals surface area contributed by atoms with Crippen molar-refractivity contribution in [2.45, 2.75) is 43.7 Å². The molecule has 0 spiro atoms. The lowest BCUT2D eigenvalue weighted by atomic mass is 10.0. The van der Waals surface area contributed by atoms with Crippen molar-refractivity contribution in [3.8, 4) is 0 Å². The summed E-state index contributed by atoms with van der Waals surface area (Å²) in [6.07, 6.45) is 5.57. The molecule has 1 N–H and O–H groups in total. The van der Waals surface area contributed by atoms with E-state index in [4.69, 9.17) is 0 Å². The number of piperidine rings is 1. The van der Waals surface area contributed by atoms with Gasteiger partial charge >= 0.3 is 0 Å². The van der Waals surface area contributed by atoms with E-state index in [1.165, 1.54) is 43.2 Å². The maximum absolute atomic E-state index is 13.7. The lowest BCUT2D eigenvalue weighted by Gasteiger charge is -2.33. The number of hydrogen-bond acceptors (Lipinski definition) is 4. The molecule has 0 aromatic heterocycles. The normalized spacial score (nSPS) is 18.9. The summed E-state index contributed by atoms with van der Waals surface area (Å²) in [5, 5.41) is 3.05. The first-order valence-electron chi connectivity index (χ1n) is 13.1. The Morgan fingerprint density at radius 2 is 1.87 bits per heavy atom. The molecule has 196 valence electrons. The van der Waals surface area contributed by atoms with Crippen molar-refractivity contribution in [1.82, 2.24) is 10.2 Å². The fourth-order valence-corrected chi connectivity index (χ4v) is 6.03. The second kappa shape index (κ2) is 12.0. The van der Waals surface area contributed by atoms with Crippen LogP contribution >= 0.6 is 11.8 Å². The third-order valence-corrected chi connectivity index (χ3v) is 8.24. The first-order chi connectivity index (χ1) is 18.5. The van der Waals surface area contributed by atoms with E-state index in [1.54, 1.807) is 23.1 Å². The van der Waals surface area contributed by atoms with Crippen LogP contribution in [0, 0.1) is 5.82 Å². The van der Waals surface area contributed by atoms with E-state index < -0.39 is 0 Å². The van der Waals surface area contributed by atoms with Crippen LogP contribution < -0.4 is 10.2 Å². The number of fused-ring (bicyclic) bond motifs is 1. The number of halogens is 1. The highest BCUT2D eigenvalue weighted by Crippen LogP contribution is 2.43. The number of likely N-dealkylation sites (tertiary alicyclic amines) is 1. The third kappa shape index (κ3) is 6.17. The Morgan fingerprint density at radius 3 is 2.63 bits per heavy atom. The molecule has 2 aliphatic heterocycles. The molecule has 1 unspecified atom stereocenters. The fraction of sp³-hybridized carbons (Fsp3) is 0.290. The van der Waals surface area contributed by atoms with Crippen LogP contribution in [0.1, 0.15) is 47.7 Å². The number of nitrogens with one attached hydrogen (secondary N) is 1. The van der Waals surface area contributed by atoms with Crippen LogP contribution in [0.2, 0.25) is 0 Å². The molecule has 0 saturated carbocycles. The van der Waals surface area contributed by atoms with E-state index in [0.717, 1.165) is 29.1 Å². The van der Waals surface area contributed by atoms with E-state index in [2.05, 4.69) is 17.1 Å². The predicted octanol–water partition coefficient (Wildman–Crippen LogP) is 6.11. The zero-order chi connectivity index (χ0) is 26.5. The minimum atomic E-state index is -0.322. The predicted molar refractivity (Wildman–Crippen MR) is 152 cm³/mol. The Balaban J connectivity index is 1.38. The second-order valence-corrected chi connectivity index (χ2v) is 10.9. The average molecular weight is 530 g/mol.